The van der Waals surface area contributed by atoms with E-state index in [1.807, 2.05) is 0 Å². The van der Waals surface area contributed by atoms with Crippen molar-refractivity contribution in [1.82, 2.24) is 24.9 Å². The molecule has 1 fully saturated rings. The Morgan fingerprint density at radius 3 is 2.95 bits per heavy atom. The maximum absolute atomic E-state index is 11.3. The van der Waals surface area contributed by atoms with Crippen LogP contribution in [0.5, 0.6) is 0 Å². The summed E-state index contributed by atoms with van der Waals surface area (Å²) < 4.78 is 7.07. The number of aromatic nitrogens is 4. The monoisotopic (exact) mass is 298 g/mol. The summed E-state index contributed by atoms with van der Waals surface area (Å²) in [7, 11) is 0. The molecule has 4 rings (SSSR count). The van der Waals surface area contributed by atoms with E-state index in [9.17, 15) is 4.79 Å². The van der Waals surface area contributed by atoms with Crippen LogP contribution in [-0.2, 0) is 4.79 Å². The van der Waals surface area contributed by atoms with Crippen molar-refractivity contribution in [2.75, 3.05) is 18.4 Å². The number of nitrogens with one attached hydrogen (secondary N) is 2. The largest absolute Gasteiger partial charge is 0.461 e. The second-order valence-electron chi connectivity index (χ2n) is 5.22. The lowest BCUT2D eigenvalue weighted by Crippen LogP contribution is -2.40. The fourth-order valence-corrected chi connectivity index (χ4v) is 2.36. The van der Waals surface area contributed by atoms with Crippen LogP contribution in [0.25, 0.3) is 17.2 Å². The number of anilines is 1. The van der Waals surface area contributed by atoms with E-state index in [-0.39, 0.29) is 5.91 Å². The number of hydrogen-bond acceptors (Lipinski definition) is 6. The van der Waals surface area contributed by atoms with Gasteiger partial charge in [0.15, 0.2) is 17.2 Å². The summed E-state index contributed by atoms with van der Waals surface area (Å²) in [5, 5.41) is 10.4. The lowest BCUT2D eigenvalue weighted by atomic mass is 10.0. The number of furan rings is 1. The average Bonchev–Trinajstić information content (AvgIpc) is 3.03. The molecule has 1 saturated heterocycles. The SMILES string of the molecule is CC(=O)Nc1cc2nc(C3CNC3)nn2c(-c2ccco2)n1. The molecule has 0 spiro atoms. The lowest BCUT2D eigenvalue weighted by Gasteiger charge is -2.23. The molecule has 22 heavy (non-hydrogen) atoms. The second kappa shape index (κ2) is 4.92. The predicted molar refractivity (Wildman–Crippen MR) is 78.4 cm³/mol. The Morgan fingerprint density at radius 1 is 1.45 bits per heavy atom. The molecule has 4 heterocycles. The Hall–Kier alpha value is -2.74. The minimum atomic E-state index is -0.190. The van der Waals surface area contributed by atoms with Crippen LogP contribution < -0.4 is 10.6 Å². The maximum Gasteiger partial charge on any atom is 0.222 e. The molecule has 0 saturated carbocycles. The summed E-state index contributed by atoms with van der Waals surface area (Å²) in [6.07, 6.45) is 1.57. The molecule has 8 heteroatoms. The van der Waals surface area contributed by atoms with Crippen LogP contribution in [0, 0.1) is 0 Å². The highest BCUT2D eigenvalue weighted by Gasteiger charge is 2.25. The maximum atomic E-state index is 11.3. The molecule has 2 N–H and O–H groups in total. The third-order valence-corrected chi connectivity index (χ3v) is 3.53. The number of hydrogen-bond donors (Lipinski definition) is 2. The number of fused-ring (bicyclic) bond motifs is 1. The molecule has 0 unspecified atom stereocenters. The molecule has 1 aliphatic heterocycles. The van der Waals surface area contributed by atoms with Crippen molar-refractivity contribution in [2.24, 2.45) is 0 Å². The first kappa shape index (κ1) is 13.0. The number of carbonyl (C=O) groups is 1. The summed E-state index contributed by atoms with van der Waals surface area (Å²) in [5.74, 6) is 2.40. The molecule has 0 bridgehead atoms. The molecule has 112 valence electrons. The van der Waals surface area contributed by atoms with E-state index in [0.29, 0.717) is 29.0 Å². The average molecular weight is 298 g/mol. The Balaban J connectivity index is 1.88. The molecule has 0 atom stereocenters. The standard InChI is InChI=1S/C14H14N6O2/c1-8(21)16-11-5-12-18-13(9-6-15-7-9)19-20(12)14(17-11)10-3-2-4-22-10/h2-5,9,15H,6-7H2,1H3,(H,16,21). The first-order valence-corrected chi connectivity index (χ1v) is 7.00. The molecular formula is C14H14N6O2. The second-order valence-corrected chi connectivity index (χ2v) is 5.22. The van der Waals surface area contributed by atoms with Gasteiger partial charge in [0.1, 0.15) is 5.82 Å². The number of amides is 1. The normalized spacial score (nSPS) is 15.0. The van der Waals surface area contributed by atoms with Crippen molar-refractivity contribution in [3.05, 3.63) is 30.3 Å². The van der Waals surface area contributed by atoms with Gasteiger partial charge in [-0.2, -0.15) is 4.52 Å². The van der Waals surface area contributed by atoms with Gasteiger partial charge in [-0.1, -0.05) is 0 Å². The van der Waals surface area contributed by atoms with E-state index in [1.165, 1.54) is 6.92 Å². The summed E-state index contributed by atoms with van der Waals surface area (Å²) in [5.41, 5.74) is 0.632. The van der Waals surface area contributed by atoms with Crippen LogP contribution in [0.15, 0.2) is 28.9 Å². The van der Waals surface area contributed by atoms with Crippen molar-refractivity contribution in [3.8, 4) is 11.6 Å². The molecule has 3 aromatic heterocycles. The van der Waals surface area contributed by atoms with Crippen molar-refractivity contribution >= 4 is 17.4 Å². The van der Waals surface area contributed by atoms with Crippen LogP contribution in [0.1, 0.15) is 18.7 Å². The van der Waals surface area contributed by atoms with Gasteiger partial charge in [-0.05, 0) is 12.1 Å². The van der Waals surface area contributed by atoms with Gasteiger partial charge in [-0.25, -0.2) is 9.97 Å². The third-order valence-electron chi connectivity index (χ3n) is 3.53. The minimum Gasteiger partial charge on any atom is -0.461 e. The molecule has 0 aliphatic carbocycles. The number of carbonyl (C=O) groups excluding carboxylic acids is 1. The highest BCUT2D eigenvalue weighted by molar-refractivity contribution is 5.88. The fraction of sp³-hybridized carbons (Fsp3) is 0.286. The Morgan fingerprint density at radius 2 is 2.32 bits per heavy atom. The smallest absolute Gasteiger partial charge is 0.222 e. The zero-order valence-electron chi connectivity index (χ0n) is 11.9. The first-order valence-electron chi connectivity index (χ1n) is 7.00. The zero-order chi connectivity index (χ0) is 15.1. The quantitative estimate of drug-likeness (QED) is 0.749. The predicted octanol–water partition coefficient (Wildman–Crippen LogP) is 1.03. The molecule has 1 amide bonds. The first-order chi connectivity index (χ1) is 10.7. The molecule has 0 radical (unpaired) electrons. The van der Waals surface area contributed by atoms with Gasteiger partial charge in [-0.3, -0.25) is 4.79 Å². The van der Waals surface area contributed by atoms with Gasteiger partial charge in [0.25, 0.3) is 0 Å². The molecule has 8 nitrogen and oxygen atoms in total. The summed E-state index contributed by atoms with van der Waals surface area (Å²) >= 11 is 0. The Labute approximate surface area is 125 Å². The topological polar surface area (TPSA) is 97.3 Å². The van der Waals surface area contributed by atoms with Crippen LogP contribution >= 0.6 is 0 Å². The zero-order valence-corrected chi connectivity index (χ0v) is 11.9. The number of rotatable bonds is 3. The highest BCUT2D eigenvalue weighted by Crippen LogP contribution is 2.24. The van der Waals surface area contributed by atoms with E-state index >= 15 is 0 Å². The van der Waals surface area contributed by atoms with Gasteiger partial charge < -0.3 is 15.1 Å². The van der Waals surface area contributed by atoms with Gasteiger partial charge in [0.05, 0.1) is 6.26 Å². The van der Waals surface area contributed by atoms with E-state index in [0.717, 1.165) is 18.9 Å². The van der Waals surface area contributed by atoms with Crippen molar-refractivity contribution in [3.63, 3.8) is 0 Å². The summed E-state index contributed by atoms with van der Waals surface area (Å²) in [6, 6.07) is 5.28. The van der Waals surface area contributed by atoms with Crippen molar-refractivity contribution < 1.29 is 9.21 Å². The third kappa shape index (κ3) is 2.13. The minimum absolute atomic E-state index is 0.190. The number of nitrogens with zero attached hydrogens (tertiary/aromatic N) is 4. The van der Waals surface area contributed by atoms with Crippen LogP contribution in [0.4, 0.5) is 5.82 Å². The van der Waals surface area contributed by atoms with Crippen LogP contribution in [0.2, 0.25) is 0 Å². The molecule has 1 aliphatic rings. The molecule has 0 aromatic carbocycles. The van der Waals surface area contributed by atoms with Gasteiger partial charge in [-0.15, -0.1) is 5.10 Å². The lowest BCUT2D eigenvalue weighted by molar-refractivity contribution is -0.114. The molecular weight excluding hydrogens is 284 g/mol. The summed E-state index contributed by atoms with van der Waals surface area (Å²) in [4.78, 5) is 20.3. The Kier molecular flexibility index (Phi) is 2.90. The summed E-state index contributed by atoms with van der Waals surface area (Å²) in [6.45, 7) is 3.19. The van der Waals surface area contributed by atoms with E-state index < -0.39 is 0 Å². The highest BCUT2D eigenvalue weighted by atomic mass is 16.3. The van der Waals surface area contributed by atoms with Crippen LogP contribution in [-0.4, -0.2) is 38.6 Å². The van der Waals surface area contributed by atoms with Gasteiger partial charge >= 0.3 is 0 Å². The van der Waals surface area contributed by atoms with E-state index in [2.05, 4.69) is 25.7 Å². The van der Waals surface area contributed by atoms with Crippen molar-refractivity contribution in [1.29, 1.82) is 0 Å². The van der Waals surface area contributed by atoms with Crippen LogP contribution in [0.3, 0.4) is 0 Å². The molecule has 3 aromatic rings. The fourth-order valence-electron chi connectivity index (χ4n) is 2.36. The van der Waals surface area contributed by atoms with Gasteiger partial charge in [0.2, 0.25) is 11.7 Å². The van der Waals surface area contributed by atoms with Crippen molar-refractivity contribution in [2.45, 2.75) is 12.8 Å². The van der Waals surface area contributed by atoms with E-state index in [4.69, 9.17) is 4.42 Å². The Bertz CT molecular complexity index is 835. The van der Waals surface area contributed by atoms with Gasteiger partial charge in [0, 0.05) is 32.0 Å². The van der Waals surface area contributed by atoms with E-state index in [1.54, 1.807) is 29.0 Å².